The Balaban J connectivity index is 3.61. The van der Waals surface area contributed by atoms with Crippen molar-refractivity contribution in [3.8, 4) is 0 Å². The maximum absolute atomic E-state index is 10.8. The number of rotatable bonds is 4. The summed E-state index contributed by atoms with van der Waals surface area (Å²) in [5.41, 5.74) is 0. The van der Waals surface area contributed by atoms with Gasteiger partial charge in [-0.1, -0.05) is 0 Å². The first kappa shape index (κ1) is 10.8. The van der Waals surface area contributed by atoms with Crippen LogP contribution in [-0.2, 0) is 4.79 Å². The third-order valence-corrected chi connectivity index (χ3v) is 2.63. The molecule has 0 bridgehead atoms. The molecule has 0 aromatic heterocycles. The van der Waals surface area contributed by atoms with Gasteiger partial charge >= 0.3 is 0 Å². The average molecular weight is 176 g/mol. The number of hydrogen-bond donors (Lipinski definition) is 2. The standard InChI is InChI=1S/C7H16N2OS/c1-7(2,11-4)9-5-6(10)8-3/h9H,5H2,1-4H3,(H,8,10). The second-order valence-electron chi connectivity index (χ2n) is 2.74. The van der Waals surface area contributed by atoms with E-state index in [4.69, 9.17) is 0 Å². The van der Waals surface area contributed by atoms with Gasteiger partial charge in [0.05, 0.1) is 11.4 Å². The molecule has 0 atom stereocenters. The number of hydrogen-bond acceptors (Lipinski definition) is 3. The van der Waals surface area contributed by atoms with Gasteiger partial charge in [-0.3, -0.25) is 10.1 Å². The minimum Gasteiger partial charge on any atom is -0.358 e. The molecule has 4 heteroatoms. The quantitative estimate of drug-likeness (QED) is 0.610. The summed E-state index contributed by atoms with van der Waals surface area (Å²) >= 11 is 1.69. The van der Waals surface area contributed by atoms with Crippen LogP contribution < -0.4 is 10.6 Å². The van der Waals surface area contributed by atoms with E-state index < -0.39 is 0 Å². The molecular formula is C7H16N2OS. The fraction of sp³-hybridized carbons (Fsp3) is 0.857. The SMILES string of the molecule is CNC(=O)CNC(C)(C)SC. The van der Waals surface area contributed by atoms with E-state index in [1.165, 1.54) is 0 Å². The Morgan fingerprint density at radius 3 is 2.45 bits per heavy atom. The van der Waals surface area contributed by atoms with Gasteiger partial charge in [0.2, 0.25) is 5.91 Å². The molecule has 0 fully saturated rings. The number of nitrogens with one attached hydrogen (secondary N) is 2. The molecule has 0 radical (unpaired) electrons. The lowest BCUT2D eigenvalue weighted by Crippen LogP contribution is -2.42. The summed E-state index contributed by atoms with van der Waals surface area (Å²) in [7, 11) is 1.64. The molecule has 66 valence electrons. The van der Waals surface area contributed by atoms with Crippen LogP contribution in [0.25, 0.3) is 0 Å². The first-order valence-corrected chi connectivity index (χ1v) is 4.75. The van der Waals surface area contributed by atoms with Crippen LogP contribution >= 0.6 is 11.8 Å². The van der Waals surface area contributed by atoms with Crippen LogP contribution in [0.5, 0.6) is 0 Å². The Hall–Kier alpha value is -0.220. The van der Waals surface area contributed by atoms with E-state index in [1.54, 1.807) is 18.8 Å². The second-order valence-corrected chi connectivity index (χ2v) is 4.17. The minimum atomic E-state index is -0.0213. The lowest BCUT2D eigenvalue weighted by Gasteiger charge is -2.22. The molecule has 11 heavy (non-hydrogen) atoms. The van der Waals surface area contributed by atoms with Crippen LogP contribution in [-0.4, -0.2) is 30.6 Å². The zero-order valence-electron chi connectivity index (χ0n) is 7.52. The Morgan fingerprint density at radius 2 is 2.09 bits per heavy atom. The van der Waals surface area contributed by atoms with Gasteiger partial charge in [0.15, 0.2) is 0 Å². The molecule has 0 unspecified atom stereocenters. The minimum absolute atomic E-state index is 0.0205. The van der Waals surface area contributed by atoms with Crippen LogP contribution in [0.3, 0.4) is 0 Å². The maximum Gasteiger partial charge on any atom is 0.233 e. The van der Waals surface area contributed by atoms with Gasteiger partial charge in [0, 0.05) is 7.05 Å². The first-order chi connectivity index (χ1) is 5.02. The lowest BCUT2D eigenvalue weighted by atomic mass is 10.4. The molecule has 0 heterocycles. The summed E-state index contributed by atoms with van der Waals surface area (Å²) in [5, 5.41) is 5.66. The summed E-state index contributed by atoms with van der Waals surface area (Å²) in [6, 6.07) is 0. The van der Waals surface area contributed by atoms with Gasteiger partial charge in [-0.05, 0) is 20.1 Å². The van der Waals surface area contributed by atoms with Crippen molar-refractivity contribution in [1.29, 1.82) is 0 Å². The van der Waals surface area contributed by atoms with Crippen LogP contribution in [0.4, 0.5) is 0 Å². The van der Waals surface area contributed by atoms with Crippen molar-refractivity contribution in [2.75, 3.05) is 19.8 Å². The van der Waals surface area contributed by atoms with Crippen molar-refractivity contribution in [3.05, 3.63) is 0 Å². The topological polar surface area (TPSA) is 41.1 Å². The smallest absolute Gasteiger partial charge is 0.233 e. The van der Waals surface area contributed by atoms with Gasteiger partial charge in [0.25, 0.3) is 0 Å². The van der Waals surface area contributed by atoms with E-state index in [0.717, 1.165) is 0 Å². The van der Waals surface area contributed by atoms with E-state index in [0.29, 0.717) is 6.54 Å². The number of thioether (sulfide) groups is 1. The summed E-state index contributed by atoms with van der Waals surface area (Å²) < 4.78 is 0. The van der Waals surface area contributed by atoms with E-state index in [9.17, 15) is 4.79 Å². The number of amides is 1. The highest BCUT2D eigenvalue weighted by atomic mass is 32.2. The van der Waals surface area contributed by atoms with Crippen molar-refractivity contribution >= 4 is 17.7 Å². The van der Waals surface area contributed by atoms with Crippen molar-refractivity contribution in [2.24, 2.45) is 0 Å². The van der Waals surface area contributed by atoms with Gasteiger partial charge in [-0.15, -0.1) is 11.8 Å². The predicted molar refractivity (Wildman–Crippen MR) is 49.7 cm³/mol. The third-order valence-electron chi connectivity index (χ3n) is 1.46. The second kappa shape index (κ2) is 4.62. The van der Waals surface area contributed by atoms with Gasteiger partial charge in [-0.2, -0.15) is 0 Å². The Morgan fingerprint density at radius 1 is 1.55 bits per heavy atom. The largest absolute Gasteiger partial charge is 0.358 e. The zero-order valence-corrected chi connectivity index (χ0v) is 8.34. The molecule has 0 saturated heterocycles. The van der Waals surface area contributed by atoms with Gasteiger partial charge in [-0.25, -0.2) is 0 Å². The van der Waals surface area contributed by atoms with Gasteiger partial charge < -0.3 is 5.32 Å². The molecule has 3 nitrogen and oxygen atoms in total. The van der Waals surface area contributed by atoms with E-state index in [1.807, 2.05) is 20.1 Å². The zero-order chi connectivity index (χ0) is 8.91. The summed E-state index contributed by atoms with van der Waals surface area (Å²) in [4.78, 5) is 10.8. The highest BCUT2D eigenvalue weighted by molar-refractivity contribution is 7.99. The Kier molecular flexibility index (Phi) is 4.52. The molecule has 2 N–H and O–H groups in total. The Labute approximate surface area is 72.3 Å². The van der Waals surface area contributed by atoms with Crippen molar-refractivity contribution in [1.82, 2.24) is 10.6 Å². The van der Waals surface area contributed by atoms with Gasteiger partial charge in [0.1, 0.15) is 0 Å². The molecule has 0 aliphatic heterocycles. The Bertz CT molecular complexity index is 136. The van der Waals surface area contributed by atoms with E-state index in [2.05, 4.69) is 10.6 Å². The summed E-state index contributed by atoms with van der Waals surface area (Å²) in [6.07, 6.45) is 2.01. The fourth-order valence-corrected chi connectivity index (χ4v) is 0.670. The number of carbonyl (C=O) groups is 1. The molecule has 0 rings (SSSR count). The maximum atomic E-state index is 10.8. The molecule has 0 aliphatic rings. The lowest BCUT2D eigenvalue weighted by molar-refractivity contribution is -0.119. The average Bonchev–Trinajstić information content (AvgIpc) is 2.00. The molecule has 0 aliphatic carbocycles. The van der Waals surface area contributed by atoms with Crippen molar-refractivity contribution in [3.63, 3.8) is 0 Å². The van der Waals surface area contributed by atoms with Crippen molar-refractivity contribution < 1.29 is 4.79 Å². The van der Waals surface area contributed by atoms with Crippen LogP contribution in [0.2, 0.25) is 0 Å². The fourth-order valence-electron chi connectivity index (χ4n) is 0.454. The highest BCUT2D eigenvalue weighted by Gasteiger charge is 2.15. The van der Waals surface area contributed by atoms with E-state index in [-0.39, 0.29) is 10.8 Å². The molecule has 0 spiro atoms. The van der Waals surface area contributed by atoms with Crippen LogP contribution in [0, 0.1) is 0 Å². The molecule has 0 aromatic rings. The van der Waals surface area contributed by atoms with Crippen molar-refractivity contribution in [2.45, 2.75) is 18.7 Å². The summed E-state index contributed by atoms with van der Waals surface area (Å²) in [5.74, 6) is 0.0205. The predicted octanol–water partition coefficient (Wildman–Crippen LogP) is 0.421. The molecule has 1 amide bonds. The van der Waals surface area contributed by atoms with E-state index >= 15 is 0 Å². The summed E-state index contributed by atoms with van der Waals surface area (Å²) in [6.45, 7) is 4.46. The normalized spacial score (nSPS) is 11.3. The third kappa shape index (κ3) is 5.09. The number of carbonyl (C=O) groups excluding carboxylic acids is 1. The monoisotopic (exact) mass is 176 g/mol. The highest BCUT2D eigenvalue weighted by Crippen LogP contribution is 2.16. The molecule has 0 saturated carbocycles. The molecular weight excluding hydrogens is 160 g/mol. The first-order valence-electron chi connectivity index (χ1n) is 3.52. The van der Waals surface area contributed by atoms with Crippen LogP contribution in [0.15, 0.2) is 0 Å². The number of likely N-dealkylation sites (N-methyl/N-ethyl adjacent to an activating group) is 1. The molecule has 0 aromatic carbocycles. The van der Waals surface area contributed by atoms with Crippen LogP contribution in [0.1, 0.15) is 13.8 Å².